The Morgan fingerprint density at radius 1 is 1.19 bits per heavy atom. The summed E-state index contributed by atoms with van der Waals surface area (Å²) >= 11 is 0. The highest BCUT2D eigenvalue weighted by molar-refractivity contribution is 5.95. The van der Waals surface area contributed by atoms with Crippen molar-refractivity contribution in [3.8, 4) is 6.07 Å². The molecule has 0 amide bonds. The van der Waals surface area contributed by atoms with Gasteiger partial charge in [0.15, 0.2) is 0 Å². The Morgan fingerprint density at radius 3 is 2.81 bits per heavy atom. The van der Waals surface area contributed by atoms with E-state index in [9.17, 15) is 10.4 Å². The Labute approximate surface area is 212 Å². The molecule has 1 aromatic carbocycles. The van der Waals surface area contributed by atoms with Gasteiger partial charge in [-0.1, -0.05) is 0 Å². The zero-order valence-corrected chi connectivity index (χ0v) is 21.0. The number of nitrogens with zero attached hydrogens (tertiary/aromatic N) is 5. The van der Waals surface area contributed by atoms with Crippen molar-refractivity contribution < 1.29 is 9.84 Å². The lowest BCUT2D eigenvalue weighted by molar-refractivity contribution is -0.0346. The number of rotatable bonds is 6. The molecule has 0 saturated carbocycles. The molecule has 5 rings (SSSR count). The first-order valence-electron chi connectivity index (χ1n) is 12.8. The second-order valence-electron chi connectivity index (χ2n) is 9.98. The number of aromatic nitrogens is 2. The van der Waals surface area contributed by atoms with Gasteiger partial charge in [-0.2, -0.15) is 5.26 Å². The number of anilines is 2. The molecule has 4 heterocycles. The molecule has 2 fully saturated rings. The van der Waals surface area contributed by atoms with Gasteiger partial charge in [-0.25, -0.2) is 0 Å². The third-order valence-electron chi connectivity index (χ3n) is 7.12. The van der Waals surface area contributed by atoms with Crippen LogP contribution in [-0.4, -0.2) is 70.9 Å². The summed E-state index contributed by atoms with van der Waals surface area (Å²) in [6.45, 7) is 8.64. The molecule has 36 heavy (non-hydrogen) atoms. The van der Waals surface area contributed by atoms with Crippen molar-refractivity contribution in [2.75, 3.05) is 42.9 Å². The van der Waals surface area contributed by atoms with Gasteiger partial charge in [-0.3, -0.25) is 9.97 Å². The average molecular weight is 487 g/mol. The molecule has 0 spiro atoms. The van der Waals surface area contributed by atoms with Crippen LogP contribution in [0.2, 0.25) is 0 Å². The van der Waals surface area contributed by atoms with Crippen molar-refractivity contribution in [1.82, 2.24) is 14.9 Å². The van der Waals surface area contributed by atoms with Crippen LogP contribution in [0.5, 0.6) is 0 Å². The molecule has 8 heteroatoms. The maximum Gasteiger partial charge on any atom is 0.101 e. The molecule has 2 saturated heterocycles. The summed E-state index contributed by atoms with van der Waals surface area (Å²) in [5.74, 6) is 0. The molecule has 2 aromatic heterocycles. The molecule has 2 aliphatic heterocycles. The number of aliphatic hydroxyl groups is 1. The number of nitrogens with one attached hydrogen (secondary N) is 1. The number of pyridine rings is 2. The summed E-state index contributed by atoms with van der Waals surface area (Å²) in [6, 6.07) is 14.6. The number of aryl methyl sites for hydroxylation is 1. The molecular formula is C28H34N6O2. The molecule has 0 bridgehead atoms. The molecule has 0 radical (unpaired) electrons. The summed E-state index contributed by atoms with van der Waals surface area (Å²) in [5.41, 5.74) is 5.15. The lowest BCUT2D eigenvalue weighted by Gasteiger charge is -2.41. The zero-order chi connectivity index (χ0) is 25.1. The van der Waals surface area contributed by atoms with E-state index in [4.69, 9.17) is 4.74 Å². The summed E-state index contributed by atoms with van der Waals surface area (Å²) in [6.07, 6.45) is 4.12. The van der Waals surface area contributed by atoms with E-state index < -0.39 is 0 Å². The van der Waals surface area contributed by atoms with Gasteiger partial charge in [-0.15, -0.1) is 0 Å². The van der Waals surface area contributed by atoms with Crippen LogP contribution in [-0.2, 0) is 11.3 Å². The Balaban J connectivity index is 1.21. The third kappa shape index (κ3) is 5.44. The van der Waals surface area contributed by atoms with Crippen molar-refractivity contribution in [3.05, 3.63) is 59.5 Å². The number of morpholine rings is 1. The fourth-order valence-electron chi connectivity index (χ4n) is 5.55. The van der Waals surface area contributed by atoms with Crippen LogP contribution >= 0.6 is 0 Å². The monoisotopic (exact) mass is 486 g/mol. The Morgan fingerprint density at radius 2 is 2.03 bits per heavy atom. The number of ether oxygens (including phenoxy) is 1. The highest BCUT2D eigenvalue weighted by atomic mass is 16.5. The van der Waals surface area contributed by atoms with Gasteiger partial charge in [-0.05, 0) is 63.1 Å². The Kier molecular flexibility index (Phi) is 7.33. The van der Waals surface area contributed by atoms with Gasteiger partial charge < -0.3 is 25.0 Å². The lowest BCUT2D eigenvalue weighted by Crippen LogP contribution is -2.52. The average Bonchev–Trinajstić information content (AvgIpc) is 2.88. The van der Waals surface area contributed by atoms with E-state index in [-0.39, 0.29) is 18.8 Å². The van der Waals surface area contributed by atoms with E-state index in [1.54, 1.807) is 6.20 Å². The summed E-state index contributed by atoms with van der Waals surface area (Å²) in [7, 11) is 0. The minimum Gasteiger partial charge on any atom is -0.390 e. The first kappa shape index (κ1) is 24.4. The SMILES string of the molecule is Cc1cc(NC2CCN(C[C@H]3CN(c4ccc(C#N)c5ncccc45)C[C@@H](C)O3)CC2)cc(CO)n1. The third-order valence-corrected chi connectivity index (χ3v) is 7.12. The van der Waals surface area contributed by atoms with E-state index in [0.29, 0.717) is 17.3 Å². The molecule has 0 unspecified atom stereocenters. The van der Waals surface area contributed by atoms with Crippen LogP contribution < -0.4 is 10.2 Å². The van der Waals surface area contributed by atoms with Crippen molar-refractivity contribution >= 4 is 22.3 Å². The second kappa shape index (κ2) is 10.8. The fraction of sp³-hybridized carbons (Fsp3) is 0.464. The summed E-state index contributed by atoms with van der Waals surface area (Å²) in [5, 5.41) is 23.6. The minimum atomic E-state index is -0.0413. The molecule has 2 aliphatic rings. The maximum absolute atomic E-state index is 9.49. The quantitative estimate of drug-likeness (QED) is 0.547. The van der Waals surface area contributed by atoms with Crippen molar-refractivity contribution in [1.29, 1.82) is 5.26 Å². The van der Waals surface area contributed by atoms with E-state index in [1.807, 2.05) is 31.2 Å². The van der Waals surface area contributed by atoms with Gasteiger partial charge in [0.25, 0.3) is 0 Å². The second-order valence-corrected chi connectivity index (χ2v) is 9.98. The van der Waals surface area contributed by atoms with Gasteiger partial charge in [0.1, 0.15) is 6.07 Å². The number of nitriles is 1. The molecule has 3 aromatic rings. The minimum absolute atomic E-state index is 0.0413. The lowest BCUT2D eigenvalue weighted by atomic mass is 10.0. The molecular weight excluding hydrogens is 452 g/mol. The predicted octanol–water partition coefficient (Wildman–Crippen LogP) is 3.47. The normalized spacial score (nSPS) is 21.4. The van der Waals surface area contributed by atoms with Crippen molar-refractivity contribution in [2.45, 2.75) is 51.5 Å². The largest absolute Gasteiger partial charge is 0.390 e. The Bertz CT molecular complexity index is 1250. The molecule has 188 valence electrons. The van der Waals surface area contributed by atoms with Gasteiger partial charge in [0.2, 0.25) is 0 Å². The van der Waals surface area contributed by atoms with Crippen LogP contribution in [0.3, 0.4) is 0 Å². The molecule has 2 atom stereocenters. The number of benzene rings is 1. The number of hydrogen-bond acceptors (Lipinski definition) is 8. The number of fused-ring (bicyclic) bond motifs is 1. The molecule has 2 N–H and O–H groups in total. The number of likely N-dealkylation sites (tertiary alicyclic amines) is 1. The predicted molar refractivity (Wildman–Crippen MR) is 141 cm³/mol. The summed E-state index contributed by atoms with van der Waals surface area (Å²) < 4.78 is 6.36. The first-order chi connectivity index (χ1) is 17.5. The maximum atomic E-state index is 9.49. The van der Waals surface area contributed by atoms with Crippen LogP contribution in [0.25, 0.3) is 10.9 Å². The fourth-order valence-corrected chi connectivity index (χ4v) is 5.55. The highest BCUT2D eigenvalue weighted by Crippen LogP contribution is 2.30. The van der Waals surface area contributed by atoms with Gasteiger partial charge in [0, 0.05) is 67.4 Å². The summed E-state index contributed by atoms with van der Waals surface area (Å²) in [4.78, 5) is 13.7. The zero-order valence-electron chi connectivity index (χ0n) is 21.0. The van der Waals surface area contributed by atoms with E-state index in [0.717, 1.165) is 73.5 Å². The molecule has 8 nitrogen and oxygen atoms in total. The van der Waals surface area contributed by atoms with Crippen molar-refractivity contribution in [2.24, 2.45) is 0 Å². The number of piperidine rings is 1. The van der Waals surface area contributed by atoms with Gasteiger partial charge in [0.05, 0.1) is 35.6 Å². The van der Waals surface area contributed by atoms with Crippen LogP contribution in [0, 0.1) is 18.3 Å². The van der Waals surface area contributed by atoms with E-state index in [1.165, 1.54) is 0 Å². The van der Waals surface area contributed by atoms with Crippen LogP contribution in [0.4, 0.5) is 11.4 Å². The first-order valence-corrected chi connectivity index (χ1v) is 12.8. The van der Waals surface area contributed by atoms with E-state index in [2.05, 4.69) is 50.2 Å². The van der Waals surface area contributed by atoms with E-state index >= 15 is 0 Å². The number of aliphatic hydroxyl groups excluding tert-OH is 1. The smallest absolute Gasteiger partial charge is 0.101 e. The van der Waals surface area contributed by atoms with Crippen molar-refractivity contribution in [3.63, 3.8) is 0 Å². The standard InChI is InChI=1S/C28H34N6O2/c1-19-12-23(13-24(18-35)31-19)32-22-7-10-33(11-8-22)16-25-17-34(15-20(2)36-25)27-6-5-21(14-29)28-26(27)4-3-9-30-28/h3-6,9,12-13,20,22,25,35H,7-8,10-11,15-18H2,1-2H3,(H,31,32)/t20-,25+/m1/s1. The number of hydrogen-bond donors (Lipinski definition) is 2. The van der Waals surface area contributed by atoms with Gasteiger partial charge >= 0.3 is 0 Å². The van der Waals surface area contributed by atoms with Crippen LogP contribution in [0.15, 0.2) is 42.6 Å². The van der Waals surface area contributed by atoms with Crippen LogP contribution in [0.1, 0.15) is 36.7 Å². The topological polar surface area (TPSA) is 97.5 Å². The Hall–Kier alpha value is -3.25. The molecule has 0 aliphatic carbocycles. The highest BCUT2D eigenvalue weighted by Gasteiger charge is 2.29.